The van der Waals surface area contributed by atoms with E-state index in [-0.39, 0.29) is 30.6 Å². The Morgan fingerprint density at radius 3 is 2.27 bits per heavy atom. The molecule has 1 N–H and O–H groups in total. The molecule has 1 atom stereocenters. The van der Waals surface area contributed by atoms with Gasteiger partial charge in [0, 0.05) is 17.9 Å². The van der Waals surface area contributed by atoms with Gasteiger partial charge in [-0.1, -0.05) is 67.6 Å². The van der Waals surface area contributed by atoms with Crippen molar-refractivity contribution in [2.75, 3.05) is 16.8 Å². The Labute approximate surface area is 218 Å². The van der Waals surface area contributed by atoms with Crippen molar-refractivity contribution >= 4 is 23.3 Å². The van der Waals surface area contributed by atoms with Gasteiger partial charge in [0.15, 0.2) is 0 Å². The summed E-state index contributed by atoms with van der Waals surface area (Å²) < 4.78 is 2.14. The molecule has 6 nitrogen and oxygen atoms in total. The monoisotopic (exact) mass is 492 g/mol. The van der Waals surface area contributed by atoms with Crippen molar-refractivity contribution in [2.45, 2.75) is 39.3 Å². The summed E-state index contributed by atoms with van der Waals surface area (Å²) in [7, 11) is 0. The van der Waals surface area contributed by atoms with Crippen LogP contribution < -0.4 is 10.2 Å². The summed E-state index contributed by atoms with van der Waals surface area (Å²) in [6.45, 7) is 5.88. The fourth-order valence-electron chi connectivity index (χ4n) is 5.06. The molecule has 0 saturated heterocycles. The second kappa shape index (κ2) is 10.3. The second-order valence-electron chi connectivity index (χ2n) is 9.53. The highest BCUT2D eigenvalue weighted by Gasteiger charge is 2.37. The van der Waals surface area contributed by atoms with E-state index in [2.05, 4.69) is 22.9 Å². The fraction of sp³-hybridized carbons (Fsp3) is 0.226. The molecule has 0 aliphatic carbocycles. The first-order chi connectivity index (χ1) is 18.0. The molecule has 2 heterocycles. The van der Waals surface area contributed by atoms with Crippen molar-refractivity contribution in [3.63, 3.8) is 0 Å². The average Bonchev–Trinajstić information content (AvgIpc) is 3.41. The molecule has 1 unspecified atom stereocenters. The van der Waals surface area contributed by atoms with Crippen LogP contribution in [0.1, 0.15) is 43.6 Å². The van der Waals surface area contributed by atoms with Gasteiger partial charge in [0.1, 0.15) is 12.6 Å². The van der Waals surface area contributed by atoms with Crippen molar-refractivity contribution in [1.29, 1.82) is 0 Å². The Morgan fingerprint density at radius 2 is 1.54 bits per heavy atom. The van der Waals surface area contributed by atoms with Crippen LogP contribution in [-0.4, -0.2) is 34.0 Å². The lowest BCUT2D eigenvalue weighted by Crippen LogP contribution is -2.49. The van der Waals surface area contributed by atoms with Gasteiger partial charge in [-0.05, 0) is 61.7 Å². The smallest absolute Gasteiger partial charge is 0.316 e. The van der Waals surface area contributed by atoms with E-state index < -0.39 is 0 Å². The first-order valence-electron chi connectivity index (χ1n) is 12.8. The lowest BCUT2D eigenvalue weighted by molar-refractivity contribution is -0.119. The number of amides is 3. The number of fused-ring (bicyclic) bond motifs is 3. The van der Waals surface area contributed by atoms with E-state index in [1.54, 1.807) is 4.90 Å². The highest BCUT2D eigenvalue weighted by molar-refractivity contribution is 6.01. The quantitative estimate of drug-likeness (QED) is 0.338. The number of nitrogens with one attached hydrogen (secondary N) is 1. The Balaban J connectivity index is 1.50. The van der Waals surface area contributed by atoms with Crippen LogP contribution in [-0.2, 0) is 11.2 Å². The number of nitrogens with zero attached hydrogens (tertiary/aromatic N) is 3. The van der Waals surface area contributed by atoms with Crippen LogP contribution in [0.2, 0.25) is 0 Å². The van der Waals surface area contributed by atoms with Gasteiger partial charge in [0.25, 0.3) is 0 Å². The molecule has 0 fully saturated rings. The molecule has 6 heteroatoms. The first-order valence-corrected chi connectivity index (χ1v) is 12.8. The van der Waals surface area contributed by atoms with E-state index in [1.807, 2.05) is 110 Å². The number of carbonyl (C=O) groups is 2. The Hall–Kier alpha value is -4.32. The molecule has 3 aromatic carbocycles. The highest BCUT2D eigenvalue weighted by atomic mass is 16.2. The van der Waals surface area contributed by atoms with Gasteiger partial charge in [0.05, 0.1) is 17.1 Å². The van der Waals surface area contributed by atoms with Gasteiger partial charge in [0.2, 0.25) is 5.91 Å². The maximum Gasteiger partial charge on any atom is 0.322 e. The molecule has 188 valence electrons. The van der Waals surface area contributed by atoms with E-state index in [0.717, 1.165) is 40.3 Å². The minimum Gasteiger partial charge on any atom is -0.316 e. The van der Waals surface area contributed by atoms with Gasteiger partial charge in [-0.3, -0.25) is 9.69 Å². The van der Waals surface area contributed by atoms with E-state index in [9.17, 15) is 9.59 Å². The van der Waals surface area contributed by atoms with Gasteiger partial charge >= 0.3 is 6.03 Å². The van der Waals surface area contributed by atoms with Crippen LogP contribution in [0.25, 0.3) is 5.69 Å². The molecule has 4 aromatic rings. The molecule has 37 heavy (non-hydrogen) atoms. The minimum absolute atomic E-state index is 0.0455. The number of urea groups is 1. The normalized spacial score (nSPS) is 14.2. The van der Waals surface area contributed by atoms with Crippen molar-refractivity contribution in [3.05, 3.63) is 114 Å². The standard InChI is InChI=1S/C31H32N4O2/c1-4-23-13-8-9-16-25(23)32-31(37)34(22(2)3)21-29(36)35-27-18-11-10-17-26(27)33-20-12-19-28(33)30(35)24-14-6-5-7-15-24/h5-20,22,30H,4,21H2,1-3H3,(H,32,37). The molecule has 1 aliphatic rings. The van der Waals surface area contributed by atoms with Crippen LogP contribution in [0.15, 0.2) is 97.2 Å². The SMILES string of the molecule is CCc1ccccc1NC(=O)N(CC(=O)N1c2ccccc2-n2cccc2C1c1ccccc1)C(C)C. The minimum atomic E-state index is -0.309. The summed E-state index contributed by atoms with van der Waals surface area (Å²) in [5.41, 5.74) is 5.63. The van der Waals surface area contributed by atoms with Crippen LogP contribution in [0, 0.1) is 0 Å². The Kier molecular flexibility index (Phi) is 6.82. The van der Waals surface area contributed by atoms with E-state index >= 15 is 0 Å². The first kappa shape index (κ1) is 24.4. The summed E-state index contributed by atoms with van der Waals surface area (Å²) in [6.07, 6.45) is 2.84. The lowest BCUT2D eigenvalue weighted by atomic mass is 9.97. The molecule has 1 aliphatic heterocycles. The third-order valence-corrected chi connectivity index (χ3v) is 6.93. The van der Waals surface area contributed by atoms with Crippen LogP contribution in [0.3, 0.4) is 0 Å². The summed E-state index contributed by atoms with van der Waals surface area (Å²) in [5, 5.41) is 3.04. The summed E-state index contributed by atoms with van der Waals surface area (Å²) in [5.74, 6) is -0.138. The molecule has 0 bridgehead atoms. The number of rotatable bonds is 6. The highest BCUT2D eigenvalue weighted by Crippen LogP contribution is 2.42. The third kappa shape index (κ3) is 4.62. The van der Waals surface area contributed by atoms with Gasteiger partial charge in [-0.2, -0.15) is 0 Å². The zero-order valence-electron chi connectivity index (χ0n) is 21.5. The molecule has 0 radical (unpaired) electrons. The Morgan fingerprint density at radius 1 is 0.865 bits per heavy atom. The van der Waals surface area contributed by atoms with Crippen LogP contribution in [0.5, 0.6) is 0 Å². The molecule has 0 saturated carbocycles. The predicted octanol–water partition coefficient (Wildman–Crippen LogP) is 6.42. The maximum absolute atomic E-state index is 14.2. The largest absolute Gasteiger partial charge is 0.322 e. The number of hydrogen-bond donors (Lipinski definition) is 1. The van der Waals surface area contributed by atoms with Gasteiger partial charge < -0.3 is 14.8 Å². The van der Waals surface area contributed by atoms with Crippen LogP contribution >= 0.6 is 0 Å². The number of hydrogen-bond acceptors (Lipinski definition) is 2. The number of carbonyl (C=O) groups excluding carboxylic acids is 2. The zero-order valence-corrected chi connectivity index (χ0v) is 21.5. The predicted molar refractivity (Wildman–Crippen MR) is 148 cm³/mol. The lowest BCUT2D eigenvalue weighted by Gasteiger charge is -2.40. The number of para-hydroxylation sites is 3. The van der Waals surface area contributed by atoms with Gasteiger partial charge in [-0.15, -0.1) is 0 Å². The molecule has 1 aromatic heterocycles. The van der Waals surface area contributed by atoms with Crippen LogP contribution in [0.4, 0.5) is 16.2 Å². The average molecular weight is 493 g/mol. The van der Waals surface area contributed by atoms with E-state index in [0.29, 0.717) is 0 Å². The summed E-state index contributed by atoms with van der Waals surface area (Å²) >= 11 is 0. The molecule has 3 amide bonds. The maximum atomic E-state index is 14.2. The van der Waals surface area contributed by atoms with Crippen molar-refractivity contribution < 1.29 is 9.59 Å². The fourth-order valence-corrected chi connectivity index (χ4v) is 5.06. The number of anilines is 2. The van der Waals surface area contributed by atoms with Gasteiger partial charge in [-0.25, -0.2) is 4.79 Å². The summed E-state index contributed by atoms with van der Waals surface area (Å²) in [6, 6.07) is 29.1. The molecular weight excluding hydrogens is 460 g/mol. The zero-order chi connectivity index (χ0) is 25.9. The number of aryl methyl sites for hydroxylation is 1. The Bertz CT molecular complexity index is 1410. The summed E-state index contributed by atoms with van der Waals surface area (Å²) in [4.78, 5) is 31.1. The number of aromatic nitrogens is 1. The van der Waals surface area contributed by atoms with E-state index in [4.69, 9.17) is 0 Å². The molecule has 5 rings (SSSR count). The third-order valence-electron chi connectivity index (χ3n) is 6.93. The van der Waals surface area contributed by atoms with E-state index in [1.165, 1.54) is 0 Å². The molecular formula is C31H32N4O2. The molecule has 0 spiro atoms. The second-order valence-corrected chi connectivity index (χ2v) is 9.53. The topological polar surface area (TPSA) is 57.6 Å². The van der Waals surface area contributed by atoms with Crippen molar-refractivity contribution in [2.24, 2.45) is 0 Å². The number of benzene rings is 3. The van der Waals surface area contributed by atoms with Crippen molar-refractivity contribution in [3.8, 4) is 5.69 Å². The van der Waals surface area contributed by atoms with Crippen molar-refractivity contribution in [1.82, 2.24) is 9.47 Å².